The number of fused-ring (bicyclic) bond motifs is 2. The third kappa shape index (κ3) is 3.74. The third-order valence-electron chi connectivity index (χ3n) is 4.24. The van der Waals surface area contributed by atoms with Gasteiger partial charge in [-0.15, -0.1) is 0 Å². The van der Waals surface area contributed by atoms with Gasteiger partial charge in [-0.05, 0) is 48.0 Å². The van der Waals surface area contributed by atoms with E-state index in [-0.39, 0.29) is 12.3 Å². The summed E-state index contributed by atoms with van der Waals surface area (Å²) in [4.78, 5) is 27.5. The van der Waals surface area contributed by atoms with E-state index < -0.39 is 5.97 Å². The zero-order valence-electron chi connectivity index (χ0n) is 14.5. The van der Waals surface area contributed by atoms with Crippen molar-refractivity contribution in [1.29, 1.82) is 0 Å². The second-order valence-electron chi connectivity index (χ2n) is 6.28. The van der Waals surface area contributed by atoms with Gasteiger partial charge in [-0.1, -0.05) is 17.7 Å². The summed E-state index contributed by atoms with van der Waals surface area (Å²) >= 11 is 5.92. The average Bonchev–Trinajstić information content (AvgIpc) is 2.76. The van der Waals surface area contributed by atoms with Gasteiger partial charge in [-0.2, -0.15) is 0 Å². The highest BCUT2D eigenvalue weighted by atomic mass is 35.5. The quantitative estimate of drug-likeness (QED) is 0.488. The molecule has 0 spiro atoms. The molecule has 7 nitrogen and oxygen atoms in total. The summed E-state index contributed by atoms with van der Waals surface area (Å²) in [5.41, 5.74) is 4.47. The lowest BCUT2D eigenvalue weighted by atomic mass is 10.1. The molecule has 1 amide bonds. The average molecular weight is 395 g/mol. The first-order valence-electron chi connectivity index (χ1n) is 8.44. The molecule has 2 aromatic carbocycles. The van der Waals surface area contributed by atoms with E-state index in [2.05, 4.69) is 20.9 Å². The normalized spacial score (nSPS) is 12.1. The number of nitrogens with zero attached hydrogens (tertiary/aromatic N) is 1. The van der Waals surface area contributed by atoms with Gasteiger partial charge in [0.2, 0.25) is 0 Å². The summed E-state index contributed by atoms with van der Waals surface area (Å²) < 4.78 is 0. The molecule has 0 unspecified atom stereocenters. The summed E-state index contributed by atoms with van der Waals surface area (Å²) in [6.07, 6.45) is 1.50. The lowest BCUT2D eigenvalue weighted by Gasteiger charge is -2.12. The largest absolute Gasteiger partial charge is 0.481 e. The zero-order chi connectivity index (χ0) is 19.7. The predicted octanol–water partition coefficient (Wildman–Crippen LogP) is 4.42. The number of carboxylic acids is 1. The van der Waals surface area contributed by atoms with Gasteiger partial charge in [-0.25, -0.2) is 4.98 Å². The van der Waals surface area contributed by atoms with Gasteiger partial charge in [0.15, 0.2) is 0 Å². The van der Waals surface area contributed by atoms with E-state index >= 15 is 0 Å². The Morgan fingerprint density at radius 3 is 2.61 bits per heavy atom. The summed E-state index contributed by atoms with van der Waals surface area (Å²) in [6, 6.07) is 13.9. The number of rotatable bonds is 4. The highest BCUT2D eigenvalue weighted by Gasteiger charge is 2.20. The molecule has 0 bridgehead atoms. The van der Waals surface area contributed by atoms with Crippen LogP contribution in [0.1, 0.15) is 15.9 Å². The number of amides is 1. The Kier molecular flexibility index (Phi) is 4.58. The topological polar surface area (TPSA) is 103 Å². The first-order valence-corrected chi connectivity index (χ1v) is 8.81. The van der Waals surface area contributed by atoms with Crippen LogP contribution in [-0.2, 0) is 11.2 Å². The van der Waals surface area contributed by atoms with Crippen LogP contribution in [0.15, 0.2) is 54.7 Å². The molecule has 1 aromatic heterocycles. The molecule has 140 valence electrons. The molecule has 0 saturated carbocycles. The highest BCUT2D eigenvalue weighted by molar-refractivity contribution is 6.29. The number of pyridine rings is 1. The Balaban J connectivity index is 1.68. The molecule has 0 radical (unpaired) electrons. The maximum atomic E-state index is 12.6. The fourth-order valence-corrected chi connectivity index (χ4v) is 3.17. The van der Waals surface area contributed by atoms with Gasteiger partial charge in [0, 0.05) is 17.6 Å². The summed E-state index contributed by atoms with van der Waals surface area (Å²) in [6.45, 7) is 0. The number of benzene rings is 2. The summed E-state index contributed by atoms with van der Waals surface area (Å²) in [5, 5.41) is 18.7. The monoisotopic (exact) mass is 394 g/mol. The number of hydrogen-bond acceptors (Lipinski definition) is 5. The second-order valence-corrected chi connectivity index (χ2v) is 6.67. The van der Waals surface area contributed by atoms with E-state index in [1.54, 1.807) is 48.7 Å². The van der Waals surface area contributed by atoms with Crippen molar-refractivity contribution in [1.82, 2.24) is 4.98 Å². The van der Waals surface area contributed by atoms with Gasteiger partial charge in [0.1, 0.15) is 5.15 Å². The fraction of sp³-hybridized carbons (Fsp3) is 0.0500. The molecule has 0 atom stereocenters. The van der Waals surface area contributed by atoms with E-state index in [1.165, 1.54) is 0 Å². The molecule has 0 saturated heterocycles. The maximum Gasteiger partial charge on any atom is 0.307 e. The van der Waals surface area contributed by atoms with Crippen molar-refractivity contribution in [2.75, 3.05) is 16.0 Å². The van der Waals surface area contributed by atoms with Crippen LogP contribution in [0.2, 0.25) is 5.15 Å². The minimum atomic E-state index is -0.916. The van der Waals surface area contributed by atoms with Crippen LogP contribution in [0.5, 0.6) is 0 Å². The van der Waals surface area contributed by atoms with Gasteiger partial charge in [0.25, 0.3) is 5.91 Å². The molecular formula is C20H15ClN4O3. The molecule has 0 fully saturated rings. The van der Waals surface area contributed by atoms with E-state index in [9.17, 15) is 9.59 Å². The summed E-state index contributed by atoms with van der Waals surface area (Å²) in [7, 11) is 0. The smallest absolute Gasteiger partial charge is 0.307 e. The predicted molar refractivity (Wildman–Crippen MR) is 108 cm³/mol. The molecule has 3 aromatic rings. The van der Waals surface area contributed by atoms with Crippen LogP contribution < -0.4 is 16.0 Å². The van der Waals surface area contributed by atoms with Crippen LogP contribution >= 0.6 is 11.6 Å². The fourth-order valence-electron chi connectivity index (χ4n) is 2.99. The van der Waals surface area contributed by atoms with Crippen LogP contribution in [-0.4, -0.2) is 22.0 Å². The number of hydrogen-bond donors (Lipinski definition) is 4. The van der Waals surface area contributed by atoms with Gasteiger partial charge in [-0.3, -0.25) is 9.59 Å². The molecule has 0 aliphatic carbocycles. The number of anilines is 5. The molecule has 28 heavy (non-hydrogen) atoms. The molecule has 8 heteroatoms. The van der Waals surface area contributed by atoms with Gasteiger partial charge in [0.05, 0.1) is 29.0 Å². The van der Waals surface area contributed by atoms with Gasteiger partial charge >= 0.3 is 5.97 Å². The van der Waals surface area contributed by atoms with Crippen molar-refractivity contribution < 1.29 is 14.7 Å². The minimum absolute atomic E-state index is 0.0971. The third-order valence-corrected chi connectivity index (χ3v) is 4.44. The lowest BCUT2D eigenvalue weighted by Crippen LogP contribution is -2.10. The molecule has 2 heterocycles. The first kappa shape index (κ1) is 17.8. The molecule has 4 N–H and O–H groups in total. The van der Waals surface area contributed by atoms with Crippen LogP contribution in [0.25, 0.3) is 0 Å². The van der Waals surface area contributed by atoms with Crippen molar-refractivity contribution >= 4 is 51.9 Å². The van der Waals surface area contributed by atoms with Crippen LogP contribution in [0, 0.1) is 0 Å². The molecule has 1 aliphatic heterocycles. The lowest BCUT2D eigenvalue weighted by molar-refractivity contribution is -0.136. The van der Waals surface area contributed by atoms with Crippen molar-refractivity contribution in [3.63, 3.8) is 0 Å². The minimum Gasteiger partial charge on any atom is -0.481 e. The maximum absolute atomic E-state index is 12.6. The number of nitrogens with one attached hydrogen (secondary N) is 3. The van der Waals surface area contributed by atoms with E-state index in [0.717, 1.165) is 11.4 Å². The van der Waals surface area contributed by atoms with Crippen LogP contribution in [0.3, 0.4) is 0 Å². The Hall–Kier alpha value is -3.58. The van der Waals surface area contributed by atoms with E-state index in [4.69, 9.17) is 16.7 Å². The van der Waals surface area contributed by atoms with Crippen molar-refractivity contribution in [3.05, 3.63) is 71.0 Å². The van der Waals surface area contributed by atoms with Crippen molar-refractivity contribution in [3.8, 4) is 0 Å². The Morgan fingerprint density at radius 2 is 1.82 bits per heavy atom. The Morgan fingerprint density at radius 1 is 1.00 bits per heavy atom. The van der Waals surface area contributed by atoms with Crippen molar-refractivity contribution in [2.45, 2.75) is 6.42 Å². The van der Waals surface area contributed by atoms with Crippen LogP contribution in [0.4, 0.5) is 28.4 Å². The van der Waals surface area contributed by atoms with E-state index in [0.29, 0.717) is 33.3 Å². The number of halogens is 1. The number of carbonyl (C=O) groups is 2. The Bertz CT molecular complexity index is 1100. The summed E-state index contributed by atoms with van der Waals surface area (Å²) in [5.74, 6) is -1.16. The number of aliphatic carboxylic acids is 1. The van der Waals surface area contributed by atoms with Gasteiger partial charge < -0.3 is 21.1 Å². The second kappa shape index (κ2) is 7.21. The van der Waals surface area contributed by atoms with Crippen molar-refractivity contribution in [2.24, 2.45) is 0 Å². The standard InChI is InChI=1S/C20H15ClN4O3/c21-18-10-13(5-6-22-18)23-12-2-3-14-16(9-12)24-17-7-11(8-19(26)27)1-4-15(17)25-20(14)28/h1-7,9-10,24H,8H2,(H,22,23)(H,25,28)(H,26,27). The zero-order valence-corrected chi connectivity index (χ0v) is 15.2. The number of carbonyl (C=O) groups excluding carboxylic acids is 1. The highest BCUT2D eigenvalue weighted by Crippen LogP contribution is 2.34. The molecule has 1 aliphatic rings. The Labute approximate surface area is 165 Å². The first-order chi connectivity index (χ1) is 13.5. The molecule has 4 rings (SSSR count). The van der Waals surface area contributed by atoms with E-state index in [1.807, 2.05) is 6.07 Å². The number of aromatic nitrogens is 1. The SMILES string of the molecule is O=C(O)Cc1ccc2c(c1)Nc1cc(Nc3ccnc(Cl)c3)ccc1C(=O)N2. The molecular weight excluding hydrogens is 380 g/mol. The number of carboxylic acid groups (broad SMARTS) is 1.